The maximum absolute atomic E-state index is 13.3. The number of nitrogens with one attached hydrogen (secondary N) is 1. The van der Waals surface area contributed by atoms with Gasteiger partial charge < -0.3 is 19.9 Å². The summed E-state index contributed by atoms with van der Waals surface area (Å²) < 4.78 is 5.41. The van der Waals surface area contributed by atoms with Gasteiger partial charge in [0.15, 0.2) is 0 Å². The number of aromatic nitrogens is 2. The van der Waals surface area contributed by atoms with Gasteiger partial charge in [-0.05, 0) is 36.1 Å². The van der Waals surface area contributed by atoms with Crippen molar-refractivity contribution in [3.63, 3.8) is 0 Å². The van der Waals surface area contributed by atoms with Crippen molar-refractivity contribution in [1.82, 2.24) is 9.97 Å². The minimum absolute atomic E-state index is 0.250. The van der Waals surface area contributed by atoms with E-state index in [0.29, 0.717) is 22.0 Å². The molecule has 1 saturated heterocycles. The minimum Gasteiger partial charge on any atom is -0.495 e. The van der Waals surface area contributed by atoms with Gasteiger partial charge in [-0.3, -0.25) is 4.79 Å². The molecule has 5 rings (SSSR count). The van der Waals surface area contributed by atoms with E-state index in [1.165, 1.54) is 0 Å². The van der Waals surface area contributed by atoms with Gasteiger partial charge in [-0.1, -0.05) is 41.9 Å². The molecule has 0 radical (unpaired) electrons. The summed E-state index contributed by atoms with van der Waals surface area (Å²) in [6.07, 6.45) is 3.48. The monoisotopic (exact) mass is 487 g/mol. The van der Waals surface area contributed by atoms with Gasteiger partial charge in [0.1, 0.15) is 17.4 Å². The SMILES string of the molecule is COc1cc(Cl)c(C)cc1NC(=O)c1cnc(N2CCN(c3ccccn3)CC2)c2ccccc12. The molecule has 0 bridgehead atoms. The van der Waals surface area contributed by atoms with Crippen LogP contribution in [0.3, 0.4) is 0 Å². The molecule has 1 fully saturated rings. The average molecular weight is 488 g/mol. The summed E-state index contributed by atoms with van der Waals surface area (Å²) in [5, 5.41) is 5.36. The topological polar surface area (TPSA) is 70.6 Å². The van der Waals surface area contributed by atoms with Crippen molar-refractivity contribution >= 4 is 45.6 Å². The van der Waals surface area contributed by atoms with Crippen LogP contribution in [0.25, 0.3) is 10.8 Å². The molecular weight excluding hydrogens is 462 g/mol. The Morgan fingerprint density at radius 3 is 2.40 bits per heavy atom. The van der Waals surface area contributed by atoms with Crippen molar-refractivity contribution in [2.24, 2.45) is 0 Å². The first kappa shape index (κ1) is 22.9. The van der Waals surface area contributed by atoms with Crippen LogP contribution in [-0.2, 0) is 0 Å². The highest BCUT2D eigenvalue weighted by Gasteiger charge is 2.22. The molecule has 2 aromatic heterocycles. The van der Waals surface area contributed by atoms with Gasteiger partial charge in [0.05, 0.1) is 18.4 Å². The first-order valence-electron chi connectivity index (χ1n) is 11.5. The van der Waals surface area contributed by atoms with E-state index < -0.39 is 0 Å². The first-order chi connectivity index (χ1) is 17.0. The molecule has 1 aliphatic rings. The Kier molecular flexibility index (Phi) is 6.42. The molecule has 4 aromatic rings. The summed E-state index contributed by atoms with van der Waals surface area (Å²) >= 11 is 6.22. The third-order valence-electron chi connectivity index (χ3n) is 6.30. The number of ether oxygens (including phenoxy) is 1. The predicted molar refractivity (Wildman–Crippen MR) is 141 cm³/mol. The number of rotatable bonds is 5. The minimum atomic E-state index is -0.250. The average Bonchev–Trinajstić information content (AvgIpc) is 2.90. The standard InChI is InChI=1S/C27H26ClN5O2/c1-18-15-23(24(35-2)16-22(18)28)31-27(34)21-17-30-26(20-8-4-3-7-19(20)21)33-13-11-32(12-14-33)25-9-5-6-10-29-25/h3-10,15-17H,11-14H2,1-2H3,(H,31,34). The van der Waals surface area contributed by atoms with Gasteiger partial charge in [0.25, 0.3) is 5.91 Å². The van der Waals surface area contributed by atoms with Crippen LogP contribution >= 0.6 is 11.6 Å². The zero-order chi connectivity index (χ0) is 24.4. The zero-order valence-electron chi connectivity index (χ0n) is 19.7. The molecule has 1 aliphatic heterocycles. The Morgan fingerprint density at radius 2 is 1.69 bits per heavy atom. The van der Waals surface area contributed by atoms with Crippen molar-refractivity contribution in [3.05, 3.63) is 83.1 Å². The number of halogens is 1. The molecule has 1 amide bonds. The summed E-state index contributed by atoms with van der Waals surface area (Å²) in [5.74, 6) is 2.14. The second-order valence-electron chi connectivity index (χ2n) is 8.46. The number of aryl methyl sites for hydroxylation is 1. The molecule has 0 spiro atoms. The van der Waals surface area contributed by atoms with Crippen molar-refractivity contribution < 1.29 is 9.53 Å². The van der Waals surface area contributed by atoms with E-state index >= 15 is 0 Å². The maximum atomic E-state index is 13.3. The number of anilines is 3. The molecule has 35 heavy (non-hydrogen) atoms. The number of pyridine rings is 2. The molecule has 0 unspecified atom stereocenters. The fraction of sp³-hybridized carbons (Fsp3) is 0.222. The highest BCUT2D eigenvalue weighted by Crippen LogP contribution is 2.33. The third-order valence-corrected chi connectivity index (χ3v) is 6.71. The van der Waals surface area contributed by atoms with Crippen LogP contribution in [0, 0.1) is 6.92 Å². The fourth-order valence-electron chi connectivity index (χ4n) is 4.42. The van der Waals surface area contributed by atoms with E-state index in [1.54, 1.807) is 19.4 Å². The van der Waals surface area contributed by atoms with E-state index in [4.69, 9.17) is 21.3 Å². The lowest BCUT2D eigenvalue weighted by molar-refractivity contribution is 0.102. The van der Waals surface area contributed by atoms with Crippen LogP contribution in [0.4, 0.5) is 17.3 Å². The van der Waals surface area contributed by atoms with Gasteiger partial charge in [-0.25, -0.2) is 9.97 Å². The van der Waals surface area contributed by atoms with E-state index in [-0.39, 0.29) is 5.91 Å². The molecule has 8 heteroatoms. The molecule has 0 atom stereocenters. The van der Waals surface area contributed by atoms with Crippen LogP contribution in [0.2, 0.25) is 5.02 Å². The van der Waals surface area contributed by atoms with Crippen LogP contribution in [0.15, 0.2) is 67.0 Å². The van der Waals surface area contributed by atoms with Crippen LogP contribution in [0.1, 0.15) is 15.9 Å². The number of amides is 1. The molecule has 1 N–H and O–H groups in total. The Bertz CT molecular complexity index is 1370. The highest BCUT2D eigenvalue weighted by molar-refractivity contribution is 6.31. The smallest absolute Gasteiger partial charge is 0.257 e. The van der Waals surface area contributed by atoms with Crippen molar-refractivity contribution in [1.29, 1.82) is 0 Å². The number of carbonyl (C=O) groups excluding carboxylic acids is 1. The number of methoxy groups -OCH3 is 1. The molecule has 3 heterocycles. The Balaban J connectivity index is 1.41. The lowest BCUT2D eigenvalue weighted by Crippen LogP contribution is -2.47. The predicted octanol–water partition coefficient (Wildman–Crippen LogP) is 5.18. The third kappa shape index (κ3) is 4.59. The largest absolute Gasteiger partial charge is 0.495 e. The van der Waals surface area contributed by atoms with Gasteiger partial charge >= 0.3 is 0 Å². The van der Waals surface area contributed by atoms with Crippen molar-refractivity contribution in [3.8, 4) is 5.75 Å². The lowest BCUT2D eigenvalue weighted by atomic mass is 10.1. The zero-order valence-corrected chi connectivity index (χ0v) is 20.4. The van der Waals surface area contributed by atoms with E-state index in [0.717, 1.165) is 54.2 Å². The number of piperazine rings is 1. The Hall–Kier alpha value is -3.84. The normalized spacial score (nSPS) is 13.7. The lowest BCUT2D eigenvalue weighted by Gasteiger charge is -2.36. The molecule has 2 aromatic carbocycles. The number of benzene rings is 2. The van der Waals surface area contributed by atoms with E-state index in [1.807, 2.05) is 61.7 Å². The van der Waals surface area contributed by atoms with E-state index in [2.05, 4.69) is 20.1 Å². The maximum Gasteiger partial charge on any atom is 0.257 e. The Labute approximate surface area is 209 Å². The van der Waals surface area contributed by atoms with Crippen LogP contribution in [-0.4, -0.2) is 49.2 Å². The van der Waals surface area contributed by atoms with Crippen LogP contribution < -0.4 is 19.9 Å². The van der Waals surface area contributed by atoms with Crippen LogP contribution in [0.5, 0.6) is 5.75 Å². The summed E-state index contributed by atoms with van der Waals surface area (Å²) in [6.45, 7) is 5.23. The van der Waals surface area contributed by atoms with E-state index in [9.17, 15) is 4.79 Å². The molecule has 0 aliphatic carbocycles. The highest BCUT2D eigenvalue weighted by atomic mass is 35.5. The first-order valence-corrected chi connectivity index (χ1v) is 11.9. The summed E-state index contributed by atoms with van der Waals surface area (Å²) in [6, 6.07) is 17.4. The number of carbonyl (C=O) groups is 1. The van der Waals surface area contributed by atoms with Gasteiger partial charge in [0, 0.05) is 55.0 Å². The number of hydrogen-bond donors (Lipinski definition) is 1. The fourth-order valence-corrected chi connectivity index (χ4v) is 4.57. The number of nitrogens with zero attached hydrogens (tertiary/aromatic N) is 4. The van der Waals surface area contributed by atoms with Crippen molar-refractivity contribution in [2.75, 3.05) is 48.4 Å². The van der Waals surface area contributed by atoms with Gasteiger partial charge in [0.2, 0.25) is 0 Å². The van der Waals surface area contributed by atoms with Gasteiger partial charge in [-0.2, -0.15) is 0 Å². The second-order valence-corrected chi connectivity index (χ2v) is 8.87. The summed E-state index contributed by atoms with van der Waals surface area (Å²) in [7, 11) is 1.55. The second kappa shape index (κ2) is 9.80. The summed E-state index contributed by atoms with van der Waals surface area (Å²) in [4.78, 5) is 27.1. The number of hydrogen-bond acceptors (Lipinski definition) is 6. The molecular formula is C27H26ClN5O2. The molecule has 0 saturated carbocycles. The molecule has 178 valence electrons. The van der Waals surface area contributed by atoms with Crippen molar-refractivity contribution in [2.45, 2.75) is 6.92 Å². The Morgan fingerprint density at radius 1 is 0.971 bits per heavy atom. The molecule has 7 nitrogen and oxygen atoms in total. The number of fused-ring (bicyclic) bond motifs is 1. The quantitative estimate of drug-likeness (QED) is 0.418. The summed E-state index contributed by atoms with van der Waals surface area (Å²) in [5.41, 5.74) is 1.93. The van der Waals surface area contributed by atoms with Gasteiger partial charge in [-0.15, -0.1) is 0 Å².